The molecule has 1 heterocycles. The van der Waals surface area contributed by atoms with E-state index in [1.165, 1.54) is 0 Å². The Morgan fingerprint density at radius 3 is 2.82 bits per heavy atom. The van der Waals surface area contributed by atoms with Gasteiger partial charge in [-0.15, -0.1) is 6.42 Å². The molecule has 0 amide bonds. The Morgan fingerprint density at radius 2 is 2.12 bits per heavy atom. The van der Waals surface area contributed by atoms with Crippen LogP contribution in [0.2, 0.25) is 0 Å². The Hall–Kier alpha value is -1.35. The summed E-state index contributed by atoms with van der Waals surface area (Å²) in [5.41, 5.74) is 2.18. The lowest BCUT2D eigenvalue weighted by molar-refractivity contribution is 0.577. The zero-order valence-electron chi connectivity index (χ0n) is 9.53. The number of nitrogens with one attached hydrogen (secondary N) is 2. The lowest BCUT2D eigenvalue weighted by atomic mass is 10.1. The summed E-state index contributed by atoms with van der Waals surface area (Å²) in [5.74, 6) is 2.34. The molecule has 17 heavy (non-hydrogen) atoms. The molecule has 2 N–H and O–H groups in total. The zero-order chi connectivity index (χ0) is 12.5. The third-order valence-electron chi connectivity index (χ3n) is 2.70. The van der Waals surface area contributed by atoms with E-state index in [4.69, 9.17) is 6.42 Å². The molecular formula is C12H14N2O2S. The second-order valence-electron chi connectivity index (χ2n) is 4.04. The lowest BCUT2D eigenvalue weighted by Gasteiger charge is -2.10. The fraction of sp³-hybridized carbons (Fsp3) is 0.333. The molecule has 0 bridgehead atoms. The van der Waals surface area contributed by atoms with Gasteiger partial charge in [0, 0.05) is 13.1 Å². The van der Waals surface area contributed by atoms with E-state index in [9.17, 15) is 8.42 Å². The number of terminal acetylenes is 1. The van der Waals surface area contributed by atoms with Crippen molar-refractivity contribution in [1.82, 2.24) is 10.0 Å². The zero-order valence-corrected chi connectivity index (χ0v) is 10.3. The maximum Gasteiger partial charge on any atom is 0.241 e. The quantitative estimate of drug-likeness (QED) is 0.772. The van der Waals surface area contributed by atoms with Crippen molar-refractivity contribution >= 4 is 10.0 Å². The fourth-order valence-electron chi connectivity index (χ4n) is 1.77. The lowest BCUT2D eigenvalue weighted by Crippen LogP contribution is -2.31. The van der Waals surface area contributed by atoms with Crippen LogP contribution in [0.25, 0.3) is 0 Å². The van der Waals surface area contributed by atoms with Gasteiger partial charge in [-0.05, 0) is 30.2 Å². The summed E-state index contributed by atoms with van der Waals surface area (Å²) in [6, 6.07) is 4.63. The van der Waals surface area contributed by atoms with Crippen molar-refractivity contribution in [3.8, 4) is 12.3 Å². The minimum Gasteiger partial charge on any atom is -0.309 e. The number of sulfonamides is 1. The van der Waals surface area contributed by atoms with Crippen LogP contribution in [0.3, 0.4) is 0 Å². The summed E-state index contributed by atoms with van der Waals surface area (Å²) in [5, 5.41) is 3.17. The maximum atomic E-state index is 12.0. The summed E-state index contributed by atoms with van der Waals surface area (Å²) in [7, 11) is -3.51. The monoisotopic (exact) mass is 250 g/mol. The van der Waals surface area contributed by atoms with Crippen molar-refractivity contribution < 1.29 is 8.42 Å². The third kappa shape index (κ3) is 2.50. The summed E-state index contributed by atoms with van der Waals surface area (Å²) in [6.45, 7) is 3.14. The van der Waals surface area contributed by atoms with Crippen LogP contribution in [0.5, 0.6) is 0 Å². The molecule has 1 aliphatic heterocycles. The molecule has 0 fully saturated rings. The smallest absolute Gasteiger partial charge is 0.241 e. The maximum absolute atomic E-state index is 12.0. The van der Waals surface area contributed by atoms with Gasteiger partial charge < -0.3 is 5.32 Å². The Kier molecular flexibility index (Phi) is 3.20. The molecule has 90 valence electrons. The van der Waals surface area contributed by atoms with Crippen molar-refractivity contribution in [2.75, 3.05) is 0 Å². The Labute approximate surface area is 101 Å². The van der Waals surface area contributed by atoms with Gasteiger partial charge in [-0.3, -0.25) is 0 Å². The highest BCUT2D eigenvalue weighted by Crippen LogP contribution is 2.19. The van der Waals surface area contributed by atoms with Crippen molar-refractivity contribution in [3.63, 3.8) is 0 Å². The van der Waals surface area contributed by atoms with Gasteiger partial charge in [-0.25, -0.2) is 8.42 Å². The highest BCUT2D eigenvalue weighted by molar-refractivity contribution is 7.89. The molecule has 0 aliphatic carbocycles. The van der Waals surface area contributed by atoms with E-state index in [-0.39, 0.29) is 4.90 Å². The van der Waals surface area contributed by atoms with Gasteiger partial charge in [-0.2, -0.15) is 4.72 Å². The van der Waals surface area contributed by atoms with Crippen LogP contribution < -0.4 is 10.0 Å². The molecule has 1 unspecified atom stereocenters. The van der Waals surface area contributed by atoms with Gasteiger partial charge in [0.25, 0.3) is 0 Å². The summed E-state index contributed by atoms with van der Waals surface area (Å²) < 4.78 is 26.4. The van der Waals surface area contributed by atoms with E-state index in [0.29, 0.717) is 6.54 Å². The molecule has 0 aromatic heterocycles. The number of hydrogen-bond donors (Lipinski definition) is 2. The number of hydrogen-bond acceptors (Lipinski definition) is 3. The van der Waals surface area contributed by atoms with E-state index in [0.717, 1.165) is 17.7 Å². The van der Waals surface area contributed by atoms with Crippen LogP contribution in [0.4, 0.5) is 0 Å². The van der Waals surface area contributed by atoms with Gasteiger partial charge in [0.2, 0.25) is 10.0 Å². The molecule has 1 aromatic carbocycles. The topological polar surface area (TPSA) is 58.2 Å². The molecule has 0 saturated heterocycles. The van der Waals surface area contributed by atoms with Gasteiger partial charge >= 0.3 is 0 Å². The van der Waals surface area contributed by atoms with Crippen molar-refractivity contribution in [1.29, 1.82) is 0 Å². The van der Waals surface area contributed by atoms with E-state index in [1.54, 1.807) is 19.1 Å². The van der Waals surface area contributed by atoms with Crippen LogP contribution in [0.1, 0.15) is 18.1 Å². The van der Waals surface area contributed by atoms with Crippen LogP contribution in [-0.4, -0.2) is 14.5 Å². The summed E-state index contributed by atoms with van der Waals surface area (Å²) in [4.78, 5) is 0.266. The second-order valence-corrected chi connectivity index (χ2v) is 5.76. The molecule has 2 rings (SSSR count). The number of fused-ring (bicyclic) bond motifs is 1. The molecule has 1 aliphatic rings. The molecule has 4 nitrogen and oxygen atoms in total. The van der Waals surface area contributed by atoms with E-state index >= 15 is 0 Å². The molecule has 0 saturated carbocycles. The van der Waals surface area contributed by atoms with Crippen LogP contribution in [-0.2, 0) is 23.1 Å². The van der Waals surface area contributed by atoms with Gasteiger partial charge in [0.1, 0.15) is 0 Å². The molecular weight excluding hydrogens is 236 g/mol. The Morgan fingerprint density at radius 1 is 1.41 bits per heavy atom. The molecule has 1 aromatic rings. The van der Waals surface area contributed by atoms with Crippen LogP contribution in [0.15, 0.2) is 23.1 Å². The Bertz CT molecular complexity index is 573. The first-order valence-electron chi connectivity index (χ1n) is 5.34. The van der Waals surface area contributed by atoms with Crippen LogP contribution >= 0.6 is 0 Å². The molecule has 5 heteroatoms. The summed E-state index contributed by atoms with van der Waals surface area (Å²) in [6.07, 6.45) is 5.16. The van der Waals surface area contributed by atoms with Gasteiger partial charge in [0.15, 0.2) is 0 Å². The van der Waals surface area contributed by atoms with Crippen molar-refractivity contribution in [2.24, 2.45) is 0 Å². The SMILES string of the molecule is C#CC(C)NS(=O)(=O)c1ccc2c(c1)CNC2. The molecule has 0 radical (unpaired) electrons. The minimum atomic E-state index is -3.51. The first-order chi connectivity index (χ1) is 8.03. The van der Waals surface area contributed by atoms with Gasteiger partial charge in [-0.1, -0.05) is 12.0 Å². The highest BCUT2D eigenvalue weighted by atomic mass is 32.2. The standard InChI is InChI=1S/C12H14N2O2S/c1-3-9(2)14-17(15,16)12-5-4-10-7-13-8-11(10)6-12/h1,4-6,9,13-14H,7-8H2,2H3. The van der Waals surface area contributed by atoms with E-state index < -0.39 is 16.1 Å². The normalized spacial score (nSPS) is 16.2. The van der Waals surface area contributed by atoms with E-state index in [1.807, 2.05) is 6.07 Å². The average molecular weight is 250 g/mol. The van der Waals surface area contributed by atoms with Crippen molar-refractivity contribution in [2.45, 2.75) is 31.0 Å². The van der Waals surface area contributed by atoms with Crippen molar-refractivity contribution in [3.05, 3.63) is 29.3 Å². The average Bonchev–Trinajstić information content (AvgIpc) is 2.75. The largest absolute Gasteiger partial charge is 0.309 e. The second kappa shape index (κ2) is 4.49. The first kappa shape index (κ1) is 12.1. The van der Waals surface area contributed by atoms with E-state index in [2.05, 4.69) is 16.0 Å². The Balaban J connectivity index is 2.32. The number of rotatable bonds is 3. The molecule has 1 atom stereocenters. The summed E-state index contributed by atoms with van der Waals surface area (Å²) >= 11 is 0. The number of benzene rings is 1. The predicted molar refractivity (Wildman–Crippen MR) is 65.6 cm³/mol. The fourth-order valence-corrected chi connectivity index (χ4v) is 2.99. The first-order valence-corrected chi connectivity index (χ1v) is 6.82. The highest BCUT2D eigenvalue weighted by Gasteiger charge is 2.19. The van der Waals surface area contributed by atoms with Gasteiger partial charge in [0.05, 0.1) is 10.9 Å². The third-order valence-corrected chi connectivity index (χ3v) is 4.24. The van der Waals surface area contributed by atoms with Crippen LogP contribution in [0, 0.1) is 12.3 Å². The minimum absolute atomic E-state index is 0.266. The molecule has 0 spiro atoms. The predicted octanol–water partition coefficient (Wildman–Crippen LogP) is 0.590.